The highest BCUT2D eigenvalue weighted by Crippen LogP contribution is 2.46. The van der Waals surface area contributed by atoms with Crippen LogP contribution in [-0.4, -0.2) is 84.0 Å². The van der Waals surface area contributed by atoms with Crippen LogP contribution in [0, 0.1) is 12.8 Å². The van der Waals surface area contributed by atoms with E-state index in [1.807, 2.05) is 43.3 Å². The van der Waals surface area contributed by atoms with Gasteiger partial charge in [-0.1, -0.05) is 67.0 Å². The van der Waals surface area contributed by atoms with E-state index in [1.54, 1.807) is 49.9 Å². The Bertz CT molecular complexity index is 1920. The molecule has 1 aliphatic carbocycles. The minimum Gasteiger partial charge on any atom is -0.444 e. The zero-order valence-electron chi connectivity index (χ0n) is 31.6. The number of amides is 5. The van der Waals surface area contributed by atoms with Gasteiger partial charge in [0, 0.05) is 25.4 Å². The number of fused-ring (bicyclic) bond motifs is 3. The minimum absolute atomic E-state index is 0.0885. The van der Waals surface area contributed by atoms with Crippen molar-refractivity contribution in [3.05, 3.63) is 77.4 Å². The molecule has 296 valence electrons. The highest BCUT2D eigenvalue weighted by Gasteiger charge is 2.61. The van der Waals surface area contributed by atoms with Gasteiger partial charge in [0.25, 0.3) is 5.91 Å². The van der Waals surface area contributed by atoms with Gasteiger partial charge >= 0.3 is 22.4 Å². The fourth-order valence-corrected chi connectivity index (χ4v) is 8.23. The van der Waals surface area contributed by atoms with Crippen molar-refractivity contribution in [2.24, 2.45) is 5.92 Å². The Balaban J connectivity index is 1.24. The Morgan fingerprint density at radius 2 is 1.65 bits per heavy atom. The quantitative estimate of drug-likeness (QED) is 0.312. The standard InChI is InChI=1S/C39H50N6O9S/c1-25-16-18-29(19-17-25)42-55(51,52)43-35(48)39-21-28(39)14-8-6-5-7-9-15-31(40-36(49)54-38(2,3)4)34(47)45-24-30(20-32(45)33(46)41-39)53-37(50)44-22-26-12-10-11-13-27(26)23-44/h8,10-14,16-19,28,30-32,42H,5-7,9,15,20-24H2,1-4H3,(H,40,49)(H,41,46)(H,43,48)/b14-8-/t28-,30-,31+,32+,39-/m1/s1. The highest BCUT2D eigenvalue weighted by molar-refractivity contribution is 7.91. The smallest absolute Gasteiger partial charge is 0.410 e. The second-order valence-electron chi connectivity index (χ2n) is 15.8. The predicted octanol–water partition coefficient (Wildman–Crippen LogP) is 4.18. The van der Waals surface area contributed by atoms with Gasteiger partial charge in [-0.15, -0.1) is 0 Å². The largest absolute Gasteiger partial charge is 0.444 e. The van der Waals surface area contributed by atoms with Crippen molar-refractivity contribution < 1.29 is 41.9 Å². The van der Waals surface area contributed by atoms with Gasteiger partial charge in [0.15, 0.2) is 0 Å². The number of alkyl carbamates (subject to hydrolysis) is 1. The average Bonchev–Trinajstić information content (AvgIpc) is 3.41. The number of benzene rings is 2. The van der Waals surface area contributed by atoms with E-state index in [4.69, 9.17) is 9.47 Å². The summed E-state index contributed by atoms with van der Waals surface area (Å²) in [6, 6.07) is 12.0. The number of rotatable bonds is 6. The number of aryl methyl sites for hydroxylation is 1. The third-order valence-electron chi connectivity index (χ3n) is 10.2. The van der Waals surface area contributed by atoms with Crippen LogP contribution in [0.1, 0.15) is 82.4 Å². The van der Waals surface area contributed by atoms with Crippen molar-refractivity contribution in [2.75, 3.05) is 11.3 Å². The fraction of sp³-hybridized carbons (Fsp3) is 0.513. The number of ether oxygens (including phenoxy) is 2. The number of carbonyl (C=O) groups is 5. The fourth-order valence-electron chi connectivity index (χ4n) is 7.31. The Morgan fingerprint density at radius 1 is 0.964 bits per heavy atom. The molecular formula is C39H50N6O9S. The van der Waals surface area contributed by atoms with Crippen LogP contribution in [0.25, 0.3) is 0 Å². The summed E-state index contributed by atoms with van der Waals surface area (Å²) in [7, 11) is -4.40. The molecule has 15 nitrogen and oxygen atoms in total. The Hall–Kier alpha value is -5.12. The number of anilines is 1. The molecule has 1 saturated carbocycles. The zero-order valence-corrected chi connectivity index (χ0v) is 32.4. The van der Waals surface area contributed by atoms with Crippen LogP contribution in [-0.2, 0) is 47.2 Å². The lowest BCUT2D eigenvalue weighted by molar-refractivity contribution is -0.141. The van der Waals surface area contributed by atoms with Crippen LogP contribution < -0.4 is 20.1 Å². The third-order valence-corrected chi connectivity index (χ3v) is 11.2. The van der Waals surface area contributed by atoms with Crippen LogP contribution in [0.3, 0.4) is 0 Å². The summed E-state index contributed by atoms with van der Waals surface area (Å²) >= 11 is 0. The van der Waals surface area contributed by atoms with E-state index in [0.29, 0.717) is 25.9 Å². The molecule has 4 aliphatic rings. The molecule has 16 heteroatoms. The maximum atomic E-state index is 14.4. The van der Waals surface area contributed by atoms with E-state index in [1.165, 1.54) is 4.90 Å². The first kappa shape index (κ1) is 39.6. The van der Waals surface area contributed by atoms with Crippen molar-refractivity contribution in [1.29, 1.82) is 0 Å². The van der Waals surface area contributed by atoms with Crippen molar-refractivity contribution in [3.8, 4) is 0 Å². The molecule has 0 aromatic heterocycles. The lowest BCUT2D eigenvalue weighted by atomic mass is 10.0. The maximum Gasteiger partial charge on any atom is 0.410 e. The first-order valence-corrected chi connectivity index (χ1v) is 20.2. The summed E-state index contributed by atoms with van der Waals surface area (Å²) in [6.07, 6.45) is 4.44. The van der Waals surface area contributed by atoms with Crippen LogP contribution in [0.5, 0.6) is 0 Å². The molecule has 2 fully saturated rings. The van der Waals surface area contributed by atoms with Crippen molar-refractivity contribution in [1.82, 2.24) is 25.2 Å². The van der Waals surface area contributed by atoms with Crippen molar-refractivity contribution >= 4 is 45.8 Å². The Labute approximate surface area is 321 Å². The molecule has 2 aromatic carbocycles. The SMILES string of the molecule is Cc1ccc(NS(=O)(=O)NC(=O)[C@@]23C[C@H]2/C=C\CCCCC[C@H](NC(=O)OC(C)(C)C)C(=O)N2C[C@H](OC(=O)N4Cc5ccccc5C4)C[C@H]2C(=O)N3)cc1. The summed E-state index contributed by atoms with van der Waals surface area (Å²) < 4.78 is 42.0. The number of nitrogens with one attached hydrogen (secondary N) is 4. The van der Waals surface area contributed by atoms with Gasteiger partial charge in [-0.3, -0.25) is 24.0 Å². The van der Waals surface area contributed by atoms with Crippen LogP contribution in [0.15, 0.2) is 60.7 Å². The summed E-state index contributed by atoms with van der Waals surface area (Å²) in [5, 5.41) is 5.49. The molecule has 3 aliphatic heterocycles. The monoisotopic (exact) mass is 778 g/mol. The third kappa shape index (κ3) is 9.77. The number of allylic oxidation sites excluding steroid dienone is 1. The molecular weight excluding hydrogens is 729 g/mol. The molecule has 3 heterocycles. The van der Waals surface area contributed by atoms with Gasteiger partial charge in [0.05, 0.1) is 12.2 Å². The predicted molar refractivity (Wildman–Crippen MR) is 202 cm³/mol. The lowest BCUT2D eigenvalue weighted by Crippen LogP contribution is -2.58. The molecule has 2 aromatic rings. The van der Waals surface area contributed by atoms with E-state index in [2.05, 4.69) is 20.1 Å². The summed E-state index contributed by atoms with van der Waals surface area (Å²) in [6.45, 7) is 7.53. The second kappa shape index (κ2) is 15.9. The maximum absolute atomic E-state index is 14.4. The van der Waals surface area contributed by atoms with Crippen LogP contribution in [0.4, 0.5) is 15.3 Å². The van der Waals surface area contributed by atoms with Gasteiger partial charge in [0.1, 0.15) is 29.3 Å². The molecule has 0 radical (unpaired) electrons. The average molecular weight is 779 g/mol. The van der Waals surface area contributed by atoms with Crippen molar-refractivity contribution in [3.63, 3.8) is 0 Å². The van der Waals surface area contributed by atoms with Crippen LogP contribution in [0.2, 0.25) is 0 Å². The van der Waals surface area contributed by atoms with Crippen LogP contribution >= 0.6 is 0 Å². The lowest BCUT2D eigenvalue weighted by Gasteiger charge is -2.30. The molecule has 4 N–H and O–H groups in total. The van der Waals surface area contributed by atoms with E-state index in [-0.39, 0.29) is 31.5 Å². The highest BCUT2D eigenvalue weighted by atomic mass is 32.2. The van der Waals surface area contributed by atoms with E-state index in [9.17, 15) is 32.4 Å². The number of hydrogen-bond donors (Lipinski definition) is 4. The molecule has 55 heavy (non-hydrogen) atoms. The first-order chi connectivity index (χ1) is 26.0. The number of nitrogens with zero attached hydrogens (tertiary/aromatic N) is 2. The Morgan fingerprint density at radius 3 is 2.33 bits per heavy atom. The zero-order chi connectivity index (χ0) is 39.5. The topological polar surface area (TPSA) is 193 Å². The molecule has 0 unspecified atom stereocenters. The minimum atomic E-state index is -4.40. The number of carbonyl (C=O) groups excluding carboxylic acids is 5. The van der Waals surface area contributed by atoms with Crippen molar-refractivity contribution in [2.45, 2.75) is 115 Å². The molecule has 5 atom stereocenters. The van der Waals surface area contributed by atoms with E-state index in [0.717, 1.165) is 29.5 Å². The van der Waals surface area contributed by atoms with Gasteiger partial charge in [-0.05, 0) is 76.6 Å². The normalized spacial score (nSPS) is 26.2. The molecule has 6 rings (SSSR count). The van der Waals surface area contributed by atoms with Gasteiger partial charge in [-0.2, -0.15) is 8.42 Å². The molecule has 0 bridgehead atoms. The van der Waals surface area contributed by atoms with Gasteiger partial charge in [-0.25, -0.2) is 14.3 Å². The summed E-state index contributed by atoms with van der Waals surface area (Å²) in [4.78, 5) is 71.7. The number of hydrogen-bond acceptors (Lipinski definition) is 9. The van der Waals surface area contributed by atoms with Gasteiger partial charge in [0.2, 0.25) is 11.8 Å². The van der Waals surface area contributed by atoms with E-state index < -0.39 is 75.4 Å². The molecule has 0 spiro atoms. The second-order valence-corrected chi connectivity index (χ2v) is 17.2. The van der Waals surface area contributed by atoms with Gasteiger partial charge < -0.3 is 25.0 Å². The summed E-state index contributed by atoms with van der Waals surface area (Å²) in [5.41, 5.74) is 0.697. The molecule has 1 saturated heterocycles. The first-order valence-electron chi connectivity index (χ1n) is 18.7. The summed E-state index contributed by atoms with van der Waals surface area (Å²) in [5.74, 6) is -2.74. The molecule has 5 amide bonds. The Kier molecular flexibility index (Phi) is 11.5. The van der Waals surface area contributed by atoms with E-state index >= 15 is 0 Å².